The van der Waals surface area contributed by atoms with Gasteiger partial charge in [-0.2, -0.15) is 0 Å². The third-order valence-electron chi connectivity index (χ3n) is 5.96. The summed E-state index contributed by atoms with van der Waals surface area (Å²) in [6, 6.07) is 25.2. The molecule has 0 aromatic heterocycles. The molecule has 0 spiro atoms. The number of amides is 1. The smallest absolute Gasteiger partial charge is 0.329 e. The lowest BCUT2D eigenvalue weighted by Gasteiger charge is -2.19. The first kappa shape index (κ1) is 22.5. The molecule has 4 nitrogen and oxygen atoms in total. The van der Waals surface area contributed by atoms with Gasteiger partial charge >= 0.3 is 5.97 Å². The fourth-order valence-electron chi connectivity index (χ4n) is 4.07. The lowest BCUT2D eigenvalue weighted by atomic mass is 9.99. The van der Waals surface area contributed by atoms with Crippen molar-refractivity contribution in [3.63, 3.8) is 0 Å². The van der Waals surface area contributed by atoms with E-state index in [-0.39, 0.29) is 12.5 Å². The minimum Gasteiger partial charge on any atom is -0.459 e. The summed E-state index contributed by atoms with van der Waals surface area (Å²) in [7, 11) is 0. The molecule has 1 aliphatic rings. The summed E-state index contributed by atoms with van der Waals surface area (Å²) >= 11 is 0. The Morgan fingerprint density at radius 2 is 1.64 bits per heavy atom. The zero-order chi connectivity index (χ0) is 23.0. The first-order valence-corrected chi connectivity index (χ1v) is 11.4. The van der Waals surface area contributed by atoms with Gasteiger partial charge in [-0.3, -0.25) is 4.79 Å². The van der Waals surface area contributed by atoms with Crippen LogP contribution < -0.4 is 5.32 Å². The van der Waals surface area contributed by atoms with Gasteiger partial charge in [-0.1, -0.05) is 90.5 Å². The van der Waals surface area contributed by atoms with E-state index >= 15 is 0 Å². The normalized spacial score (nSPS) is 13.1. The van der Waals surface area contributed by atoms with E-state index in [1.807, 2.05) is 73.7 Å². The second-order valence-electron chi connectivity index (χ2n) is 8.49. The van der Waals surface area contributed by atoms with Crippen molar-refractivity contribution in [2.75, 3.05) is 0 Å². The minimum atomic E-state index is -0.725. The molecule has 0 heterocycles. The summed E-state index contributed by atoms with van der Waals surface area (Å²) in [4.78, 5) is 25.8. The number of ether oxygens (including phenoxy) is 1. The number of rotatable bonds is 9. The Kier molecular flexibility index (Phi) is 7.36. The van der Waals surface area contributed by atoms with E-state index in [0.717, 1.165) is 28.7 Å². The molecule has 3 aromatic carbocycles. The number of hydrogen-bond donors (Lipinski definition) is 1. The molecule has 3 aromatic rings. The van der Waals surface area contributed by atoms with Gasteiger partial charge in [-0.05, 0) is 47.6 Å². The molecule has 0 saturated carbocycles. The van der Waals surface area contributed by atoms with Gasteiger partial charge in [0, 0.05) is 12.8 Å². The highest BCUT2D eigenvalue weighted by atomic mass is 16.5. The lowest BCUT2D eigenvalue weighted by molar-refractivity contribution is -0.149. The highest BCUT2D eigenvalue weighted by Gasteiger charge is 2.26. The first-order valence-electron chi connectivity index (χ1n) is 11.4. The largest absolute Gasteiger partial charge is 0.459 e. The fourth-order valence-corrected chi connectivity index (χ4v) is 4.07. The van der Waals surface area contributed by atoms with E-state index in [0.29, 0.717) is 19.3 Å². The van der Waals surface area contributed by atoms with Crippen LogP contribution in [0.4, 0.5) is 0 Å². The van der Waals surface area contributed by atoms with Crippen molar-refractivity contribution in [1.29, 1.82) is 0 Å². The Labute approximate surface area is 195 Å². The number of hydrogen-bond acceptors (Lipinski definition) is 3. The third-order valence-corrected chi connectivity index (χ3v) is 5.96. The highest BCUT2D eigenvalue weighted by Crippen LogP contribution is 2.30. The topological polar surface area (TPSA) is 55.4 Å². The summed E-state index contributed by atoms with van der Waals surface area (Å²) in [5.74, 6) is -0.558. The van der Waals surface area contributed by atoms with Gasteiger partial charge in [0.15, 0.2) is 0 Å². The second-order valence-corrected chi connectivity index (χ2v) is 8.49. The summed E-state index contributed by atoms with van der Waals surface area (Å²) in [6.07, 6.45) is 4.35. The molecule has 0 unspecified atom stereocenters. The lowest BCUT2D eigenvalue weighted by Crippen LogP contribution is -2.42. The first-order chi connectivity index (χ1) is 16.1. The molecule has 0 saturated heterocycles. The second kappa shape index (κ2) is 10.8. The number of carbonyl (C=O) groups is 2. The predicted octanol–water partition coefficient (Wildman–Crippen LogP) is 5.19. The molecule has 1 atom stereocenters. The van der Waals surface area contributed by atoms with E-state index in [2.05, 4.69) is 23.5 Å². The Bertz CT molecular complexity index is 1130. The van der Waals surface area contributed by atoms with Crippen molar-refractivity contribution < 1.29 is 14.3 Å². The van der Waals surface area contributed by atoms with Crippen LogP contribution in [0, 0.1) is 6.92 Å². The van der Waals surface area contributed by atoms with Crippen LogP contribution >= 0.6 is 0 Å². The molecule has 0 aliphatic heterocycles. The SMILES string of the molecule is Cc1ccc(CCC(=O)N[C@@H](CC2=CCc3ccccc32)C(=O)OCc2ccccc2)cc1. The van der Waals surface area contributed by atoms with Gasteiger partial charge in [0.25, 0.3) is 0 Å². The molecule has 168 valence electrons. The minimum absolute atomic E-state index is 0.149. The molecule has 0 radical (unpaired) electrons. The summed E-state index contributed by atoms with van der Waals surface area (Å²) < 4.78 is 5.58. The molecule has 4 rings (SSSR count). The summed E-state index contributed by atoms with van der Waals surface area (Å²) in [5.41, 5.74) is 6.68. The maximum Gasteiger partial charge on any atom is 0.329 e. The van der Waals surface area contributed by atoms with Crippen molar-refractivity contribution >= 4 is 17.4 Å². The van der Waals surface area contributed by atoms with Crippen LogP contribution in [0.1, 0.15) is 40.7 Å². The van der Waals surface area contributed by atoms with Crippen molar-refractivity contribution in [2.45, 2.75) is 45.3 Å². The zero-order valence-corrected chi connectivity index (χ0v) is 18.9. The van der Waals surface area contributed by atoms with E-state index < -0.39 is 12.0 Å². The molecule has 33 heavy (non-hydrogen) atoms. The molecule has 1 N–H and O–H groups in total. The molecule has 4 heteroatoms. The molecular weight excluding hydrogens is 410 g/mol. The average molecular weight is 440 g/mol. The van der Waals surface area contributed by atoms with Gasteiger partial charge in [0.2, 0.25) is 5.91 Å². The van der Waals surface area contributed by atoms with Crippen molar-refractivity contribution in [3.8, 4) is 0 Å². The van der Waals surface area contributed by atoms with Crippen LogP contribution in [-0.4, -0.2) is 17.9 Å². The third kappa shape index (κ3) is 6.19. The number of fused-ring (bicyclic) bond motifs is 1. The van der Waals surface area contributed by atoms with Gasteiger partial charge < -0.3 is 10.1 Å². The number of benzene rings is 3. The summed E-state index contributed by atoms with van der Waals surface area (Å²) in [5, 5.41) is 2.94. The Hall–Kier alpha value is -3.66. The van der Waals surface area contributed by atoms with Crippen LogP contribution in [0.3, 0.4) is 0 Å². The number of aryl methyl sites for hydroxylation is 2. The number of carbonyl (C=O) groups excluding carboxylic acids is 2. The average Bonchev–Trinajstić information content (AvgIpc) is 3.25. The zero-order valence-electron chi connectivity index (χ0n) is 18.9. The van der Waals surface area contributed by atoms with Crippen LogP contribution in [0.25, 0.3) is 5.57 Å². The number of nitrogens with one attached hydrogen (secondary N) is 1. The molecule has 1 aliphatic carbocycles. The number of esters is 1. The Morgan fingerprint density at radius 3 is 2.42 bits per heavy atom. The molecule has 0 fully saturated rings. The van der Waals surface area contributed by atoms with Gasteiger partial charge in [-0.15, -0.1) is 0 Å². The Balaban J connectivity index is 1.41. The van der Waals surface area contributed by atoms with Crippen LogP contribution in [-0.2, 0) is 33.8 Å². The van der Waals surface area contributed by atoms with Gasteiger partial charge in [-0.25, -0.2) is 4.79 Å². The van der Waals surface area contributed by atoms with E-state index in [4.69, 9.17) is 4.74 Å². The molecule has 1 amide bonds. The van der Waals surface area contributed by atoms with Crippen molar-refractivity contribution in [3.05, 3.63) is 113 Å². The fraction of sp³-hybridized carbons (Fsp3) is 0.241. The Morgan fingerprint density at radius 1 is 0.909 bits per heavy atom. The van der Waals surface area contributed by atoms with E-state index in [1.165, 1.54) is 11.1 Å². The predicted molar refractivity (Wildman–Crippen MR) is 130 cm³/mol. The van der Waals surface area contributed by atoms with Crippen molar-refractivity contribution in [1.82, 2.24) is 5.32 Å². The van der Waals surface area contributed by atoms with Gasteiger partial charge in [0.1, 0.15) is 12.6 Å². The maximum absolute atomic E-state index is 13.0. The van der Waals surface area contributed by atoms with Crippen LogP contribution in [0.2, 0.25) is 0 Å². The van der Waals surface area contributed by atoms with E-state index in [9.17, 15) is 9.59 Å². The monoisotopic (exact) mass is 439 g/mol. The quantitative estimate of drug-likeness (QED) is 0.467. The summed E-state index contributed by atoms with van der Waals surface area (Å²) in [6.45, 7) is 2.23. The molecular formula is C29H29NO3. The number of allylic oxidation sites excluding steroid dienone is 1. The van der Waals surface area contributed by atoms with Gasteiger partial charge in [0.05, 0.1) is 0 Å². The molecule has 0 bridgehead atoms. The standard InChI is InChI=1S/C29H29NO3/c1-21-11-13-22(14-12-21)15-18-28(31)30-27(29(32)33-20-23-7-3-2-4-8-23)19-25-17-16-24-9-5-6-10-26(24)25/h2-14,17,27H,15-16,18-20H2,1H3,(H,30,31)/t27-/m0/s1. The van der Waals surface area contributed by atoms with Crippen LogP contribution in [0.5, 0.6) is 0 Å². The maximum atomic E-state index is 13.0. The van der Waals surface area contributed by atoms with Crippen LogP contribution in [0.15, 0.2) is 84.9 Å². The highest BCUT2D eigenvalue weighted by molar-refractivity contribution is 5.87. The van der Waals surface area contributed by atoms with Crippen molar-refractivity contribution in [2.24, 2.45) is 0 Å². The van der Waals surface area contributed by atoms with E-state index in [1.54, 1.807) is 0 Å².